The lowest BCUT2D eigenvalue weighted by Gasteiger charge is -2.23. The summed E-state index contributed by atoms with van der Waals surface area (Å²) in [6, 6.07) is -0.0520. The third-order valence-electron chi connectivity index (χ3n) is 3.02. The number of halogens is 3. The van der Waals surface area contributed by atoms with E-state index in [2.05, 4.69) is 20.0 Å². The Kier molecular flexibility index (Phi) is 4.61. The molecule has 0 atom stereocenters. The van der Waals surface area contributed by atoms with E-state index < -0.39 is 23.4 Å². The van der Waals surface area contributed by atoms with Gasteiger partial charge in [0.25, 0.3) is 0 Å². The van der Waals surface area contributed by atoms with E-state index >= 15 is 0 Å². The van der Waals surface area contributed by atoms with Gasteiger partial charge in [0.05, 0.1) is 7.11 Å². The van der Waals surface area contributed by atoms with E-state index in [1.54, 1.807) is 0 Å². The van der Waals surface area contributed by atoms with E-state index in [9.17, 15) is 18.0 Å². The first-order valence-electron chi connectivity index (χ1n) is 6.28. The van der Waals surface area contributed by atoms with Crippen molar-refractivity contribution >= 4 is 11.9 Å². The molecule has 0 spiro atoms. The molecule has 1 aliphatic heterocycles. The fraction of sp³-hybridized carbons (Fsp3) is 0.583. The van der Waals surface area contributed by atoms with Crippen molar-refractivity contribution in [3.63, 3.8) is 0 Å². The molecule has 6 nitrogen and oxygen atoms in total. The maximum atomic E-state index is 13.0. The van der Waals surface area contributed by atoms with Gasteiger partial charge < -0.3 is 14.8 Å². The molecular weight excluding hydrogens is 291 g/mol. The summed E-state index contributed by atoms with van der Waals surface area (Å²) < 4.78 is 48.3. The maximum Gasteiger partial charge on any atom is 0.434 e. The number of nitrogens with one attached hydrogen (secondary N) is 1. The zero-order chi connectivity index (χ0) is 15.5. The number of carbonyl (C=O) groups excluding carboxylic acids is 1. The Bertz CT molecular complexity index is 516. The highest BCUT2D eigenvalue weighted by Gasteiger charge is 2.38. The Morgan fingerprint density at radius 1 is 1.43 bits per heavy atom. The van der Waals surface area contributed by atoms with Gasteiger partial charge >= 0.3 is 12.1 Å². The van der Waals surface area contributed by atoms with Crippen LogP contribution in [-0.4, -0.2) is 42.3 Å². The highest BCUT2D eigenvalue weighted by Crippen LogP contribution is 2.31. The van der Waals surface area contributed by atoms with E-state index in [1.165, 1.54) is 0 Å². The summed E-state index contributed by atoms with van der Waals surface area (Å²) in [5, 5.41) is 2.82. The van der Waals surface area contributed by atoms with Gasteiger partial charge in [0.15, 0.2) is 5.69 Å². The van der Waals surface area contributed by atoms with Gasteiger partial charge in [0, 0.05) is 25.5 Å². The first-order chi connectivity index (χ1) is 9.91. The number of methoxy groups -OCH3 is 1. The van der Waals surface area contributed by atoms with E-state index in [0.717, 1.165) is 13.3 Å². The second-order valence-electron chi connectivity index (χ2n) is 4.48. The average molecular weight is 305 g/mol. The molecule has 1 aromatic heterocycles. The van der Waals surface area contributed by atoms with Crippen LogP contribution >= 0.6 is 0 Å². The molecule has 1 aromatic rings. The zero-order valence-corrected chi connectivity index (χ0v) is 11.2. The highest BCUT2D eigenvalue weighted by atomic mass is 19.4. The smallest absolute Gasteiger partial charge is 0.434 e. The van der Waals surface area contributed by atoms with E-state index in [0.29, 0.717) is 26.1 Å². The molecule has 1 saturated heterocycles. The molecule has 0 aliphatic carbocycles. The van der Waals surface area contributed by atoms with Gasteiger partial charge in [-0.05, 0) is 12.8 Å². The molecule has 9 heteroatoms. The molecule has 0 saturated carbocycles. The minimum absolute atomic E-state index is 0.0520. The van der Waals surface area contributed by atoms with Crippen LogP contribution in [0.25, 0.3) is 0 Å². The normalized spacial score (nSPS) is 16.6. The summed E-state index contributed by atoms with van der Waals surface area (Å²) in [7, 11) is 0.997. The molecule has 2 heterocycles. The minimum atomic E-state index is -4.77. The first-order valence-corrected chi connectivity index (χ1v) is 6.28. The number of aromatic nitrogens is 2. The predicted octanol–water partition coefficient (Wildman–Crippen LogP) is 1.87. The lowest BCUT2D eigenvalue weighted by molar-refractivity contribution is -0.141. The van der Waals surface area contributed by atoms with Crippen LogP contribution < -0.4 is 5.32 Å². The van der Waals surface area contributed by atoms with Crippen LogP contribution in [-0.2, 0) is 15.7 Å². The van der Waals surface area contributed by atoms with Gasteiger partial charge in [0.2, 0.25) is 5.95 Å². The van der Waals surface area contributed by atoms with Crippen LogP contribution in [0.4, 0.5) is 19.1 Å². The third kappa shape index (κ3) is 3.81. The van der Waals surface area contributed by atoms with E-state index in [-0.39, 0.29) is 12.0 Å². The van der Waals surface area contributed by atoms with Gasteiger partial charge in [-0.15, -0.1) is 0 Å². The summed E-state index contributed by atoms with van der Waals surface area (Å²) >= 11 is 0. The van der Waals surface area contributed by atoms with Gasteiger partial charge in [-0.1, -0.05) is 0 Å². The molecule has 1 fully saturated rings. The van der Waals surface area contributed by atoms with Crippen molar-refractivity contribution in [1.82, 2.24) is 9.97 Å². The number of rotatable bonds is 3. The first kappa shape index (κ1) is 15.5. The van der Waals surface area contributed by atoms with Crippen molar-refractivity contribution in [2.45, 2.75) is 25.1 Å². The Morgan fingerprint density at radius 3 is 2.67 bits per heavy atom. The number of hydrogen-bond acceptors (Lipinski definition) is 6. The SMILES string of the molecule is COC(=O)c1cnc(NC2CCOCC2)nc1C(F)(F)F. The summed E-state index contributed by atoms with van der Waals surface area (Å²) in [5.41, 5.74) is -2.01. The molecular formula is C12H14F3N3O3. The number of hydrogen-bond donors (Lipinski definition) is 1. The molecule has 0 amide bonds. The maximum absolute atomic E-state index is 13.0. The fourth-order valence-corrected chi connectivity index (χ4v) is 1.95. The Hall–Kier alpha value is -1.90. The molecule has 0 unspecified atom stereocenters. The number of alkyl halides is 3. The minimum Gasteiger partial charge on any atom is -0.465 e. The molecule has 1 aliphatic rings. The largest absolute Gasteiger partial charge is 0.465 e. The number of ether oxygens (including phenoxy) is 2. The van der Waals surface area contributed by atoms with Crippen LogP contribution in [0.3, 0.4) is 0 Å². The van der Waals surface area contributed by atoms with Crippen molar-refractivity contribution in [3.8, 4) is 0 Å². The van der Waals surface area contributed by atoms with E-state index in [1.807, 2.05) is 0 Å². The van der Waals surface area contributed by atoms with Gasteiger partial charge in [0.1, 0.15) is 5.56 Å². The van der Waals surface area contributed by atoms with Gasteiger partial charge in [-0.25, -0.2) is 14.8 Å². The van der Waals surface area contributed by atoms with Gasteiger partial charge in [-0.2, -0.15) is 13.2 Å². The van der Waals surface area contributed by atoms with Crippen LogP contribution in [0.5, 0.6) is 0 Å². The number of anilines is 1. The van der Waals surface area contributed by atoms with Crippen molar-refractivity contribution in [1.29, 1.82) is 0 Å². The summed E-state index contributed by atoms with van der Waals surface area (Å²) in [6.45, 7) is 1.06. The Morgan fingerprint density at radius 2 is 2.10 bits per heavy atom. The van der Waals surface area contributed by atoms with Crippen LogP contribution in [0.2, 0.25) is 0 Å². The monoisotopic (exact) mass is 305 g/mol. The van der Waals surface area contributed by atoms with Crippen LogP contribution in [0.15, 0.2) is 6.20 Å². The summed E-state index contributed by atoms with van der Waals surface area (Å²) in [6.07, 6.45) is -2.63. The second kappa shape index (κ2) is 6.25. The third-order valence-corrected chi connectivity index (χ3v) is 3.02. The van der Waals surface area contributed by atoms with Crippen LogP contribution in [0.1, 0.15) is 28.9 Å². The van der Waals surface area contributed by atoms with Crippen molar-refractivity contribution in [3.05, 3.63) is 17.5 Å². The molecule has 2 rings (SSSR count). The van der Waals surface area contributed by atoms with Crippen molar-refractivity contribution < 1.29 is 27.4 Å². The highest BCUT2D eigenvalue weighted by molar-refractivity contribution is 5.90. The van der Waals surface area contributed by atoms with Crippen molar-refractivity contribution in [2.24, 2.45) is 0 Å². The lowest BCUT2D eigenvalue weighted by Crippen LogP contribution is -2.29. The second-order valence-corrected chi connectivity index (χ2v) is 4.48. The average Bonchev–Trinajstić information content (AvgIpc) is 2.46. The molecule has 0 aromatic carbocycles. The van der Waals surface area contributed by atoms with Crippen LogP contribution in [0, 0.1) is 0 Å². The molecule has 21 heavy (non-hydrogen) atoms. The number of carbonyl (C=O) groups is 1. The fourth-order valence-electron chi connectivity index (χ4n) is 1.95. The summed E-state index contributed by atoms with van der Waals surface area (Å²) in [4.78, 5) is 18.5. The van der Waals surface area contributed by atoms with Crippen molar-refractivity contribution in [2.75, 3.05) is 25.6 Å². The predicted molar refractivity (Wildman–Crippen MR) is 65.8 cm³/mol. The quantitative estimate of drug-likeness (QED) is 0.860. The number of nitrogens with zero attached hydrogens (tertiary/aromatic N) is 2. The zero-order valence-electron chi connectivity index (χ0n) is 11.2. The molecule has 1 N–H and O–H groups in total. The molecule has 0 radical (unpaired) electrons. The van der Waals surface area contributed by atoms with E-state index in [4.69, 9.17) is 4.74 Å². The standard InChI is InChI=1S/C12H14F3N3O3/c1-20-10(19)8-6-16-11(18-9(8)12(13,14)15)17-7-2-4-21-5-3-7/h6-7H,2-5H2,1H3,(H,16,17,18). The number of esters is 1. The Balaban J connectivity index is 2.26. The Labute approximate surface area is 118 Å². The molecule has 0 bridgehead atoms. The van der Waals surface area contributed by atoms with Gasteiger partial charge in [-0.3, -0.25) is 0 Å². The molecule has 116 valence electrons. The summed E-state index contributed by atoms with van der Waals surface area (Å²) in [5.74, 6) is -1.29. The topological polar surface area (TPSA) is 73.3 Å². The lowest BCUT2D eigenvalue weighted by atomic mass is 10.1.